The first-order valence-electron chi connectivity index (χ1n) is 9.74. The first-order valence-corrected chi connectivity index (χ1v) is 9.74. The summed E-state index contributed by atoms with van der Waals surface area (Å²) in [6.07, 6.45) is 3.93. The van der Waals surface area contributed by atoms with Crippen LogP contribution >= 0.6 is 0 Å². The number of amides is 1. The summed E-state index contributed by atoms with van der Waals surface area (Å²) in [5, 5.41) is 7.94. The lowest BCUT2D eigenvalue weighted by Crippen LogP contribution is -2.50. The van der Waals surface area contributed by atoms with E-state index in [4.69, 9.17) is 0 Å². The fraction of sp³-hybridized carbons (Fsp3) is 0.381. The summed E-state index contributed by atoms with van der Waals surface area (Å²) in [6.45, 7) is 5.94. The number of benzene rings is 1. The summed E-state index contributed by atoms with van der Waals surface area (Å²) in [7, 11) is 1.95. The predicted octanol–water partition coefficient (Wildman–Crippen LogP) is 2.08. The van der Waals surface area contributed by atoms with Crippen molar-refractivity contribution in [3.63, 3.8) is 0 Å². The summed E-state index contributed by atoms with van der Waals surface area (Å²) in [6, 6.07) is 6.11. The van der Waals surface area contributed by atoms with Crippen molar-refractivity contribution < 1.29 is 9.18 Å². The Morgan fingerprint density at radius 1 is 1.28 bits per heavy atom. The first kappa shape index (κ1) is 19.3. The van der Waals surface area contributed by atoms with Gasteiger partial charge in [0.25, 0.3) is 0 Å². The van der Waals surface area contributed by atoms with E-state index in [1.807, 2.05) is 36.6 Å². The number of halogens is 1. The second kappa shape index (κ2) is 7.79. The molecule has 2 aromatic heterocycles. The Morgan fingerprint density at radius 2 is 2.03 bits per heavy atom. The highest BCUT2D eigenvalue weighted by Gasteiger charge is 2.31. The Balaban J connectivity index is 1.59. The lowest BCUT2D eigenvalue weighted by atomic mass is 10.1. The number of nitrogens with one attached hydrogen (secondary N) is 1. The third kappa shape index (κ3) is 3.67. The van der Waals surface area contributed by atoms with E-state index < -0.39 is 0 Å². The number of rotatable bonds is 4. The van der Waals surface area contributed by atoms with E-state index in [-0.39, 0.29) is 24.2 Å². The highest BCUT2D eigenvalue weighted by atomic mass is 19.1. The molecular formula is C21H25FN6O. The average molecular weight is 396 g/mol. The third-order valence-electron chi connectivity index (χ3n) is 5.56. The molecular weight excluding hydrogens is 371 g/mol. The zero-order valence-corrected chi connectivity index (χ0v) is 16.9. The monoisotopic (exact) mass is 396 g/mol. The van der Waals surface area contributed by atoms with Crippen molar-refractivity contribution in [1.29, 1.82) is 0 Å². The van der Waals surface area contributed by atoms with Gasteiger partial charge in [-0.15, -0.1) is 0 Å². The van der Waals surface area contributed by atoms with E-state index in [0.717, 1.165) is 35.0 Å². The van der Waals surface area contributed by atoms with E-state index in [0.29, 0.717) is 13.1 Å². The molecule has 1 aliphatic heterocycles. The average Bonchev–Trinajstić information content (AvgIpc) is 3.26. The Kier molecular flexibility index (Phi) is 5.19. The van der Waals surface area contributed by atoms with Crippen molar-refractivity contribution in [2.45, 2.75) is 26.3 Å². The number of hydrogen-bond donors (Lipinski definition) is 1. The van der Waals surface area contributed by atoms with Gasteiger partial charge in [0, 0.05) is 50.3 Å². The SMILES string of the molecule is Cc1nn(-c2ccc(F)cc2)c(C)c1CC(=O)N1CCNCC1c1nccn1C. The van der Waals surface area contributed by atoms with E-state index >= 15 is 0 Å². The van der Waals surface area contributed by atoms with Crippen LogP contribution in [0.4, 0.5) is 4.39 Å². The van der Waals surface area contributed by atoms with Gasteiger partial charge in [-0.3, -0.25) is 4.79 Å². The van der Waals surface area contributed by atoms with Gasteiger partial charge in [-0.25, -0.2) is 14.1 Å². The molecule has 3 aromatic rings. The molecule has 1 aromatic carbocycles. The Hall–Kier alpha value is -3.00. The van der Waals surface area contributed by atoms with Crippen molar-refractivity contribution in [2.24, 2.45) is 7.05 Å². The van der Waals surface area contributed by atoms with Crippen molar-refractivity contribution >= 4 is 5.91 Å². The molecule has 0 radical (unpaired) electrons. The van der Waals surface area contributed by atoms with E-state index in [9.17, 15) is 9.18 Å². The molecule has 1 fully saturated rings. The smallest absolute Gasteiger partial charge is 0.227 e. The first-order chi connectivity index (χ1) is 14.0. The van der Waals surface area contributed by atoms with Gasteiger partial charge < -0.3 is 14.8 Å². The van der Waals surface area contributed by atoms with Gasteiger partial charge in [0.15, 0.2) is 0 Å². The van der Waals surface area contributed by atoms with Crippen LogP contribution in [0.25, 0.3) is 5.69 Å². The molecule has 1 amide bonds. The van der Waals surface area contributed by atoms with Gasteiger partial charge in [0.2, 0.25) is 5.91 Å². The quantitative estimate of drug-likeness (QED) is 0.733. The zero-order valence-electron chi connectivity index (χ0n) is 16.9. The fourth-order valence-electron chi connectivity index (χ4n) is 3.95. The van der Waals surface area contributed by atoms with Crippen LogP contribution in [0.2, 0.25) is 0 Å². The maximum absolute atomic E-state index is 13.3. The van der Waals surface area contributed by atoms with Crippen molar-refractivity contribution in [3.05, 3.63) is 65.3 Å². The lowest BCUT2D eigenvalue weighted by Gasteiger charge is -2.36. The van der Waals surface area contributed by atoms with Crippen LogP contribution < -0.4 is 5.32 Å². The minimum absolute atomic E-state index is 0.0596. The molecule has 152 valence electrons. The van der Waals surface area contributed by atoms with Crippen LogP contribution in [-0.4, -0.2) is 49.8 Å². The standard InChI is InChI=1S/C21H25FN6O/c1-14-18(15(2)28(25-14)17-6-4-16(22)5-7-17)12-20(29)27-11-8-23-13-19(27)21-24-9-10-26(21)3/h4-7,9-10,19,23H,8,11-13H2,1-3H3. The van der Waals surface area contributed by atoms with Crippen LogP contribution in [-0.2, 0) is 18.3 Å². The predicted molar refractivity (Wildman–Crippen MR) is 107 cm³/mol. The molecule has 1 unspecified atom stereocenters. The molecule has 4 rings (SSSR count). The second-order valence-electron chi connectivity index (χ2n) is 7.42. The van der Waals surface area contributed by atoms with Crippen LogP contribution in [0, 0.1) is 19.7 Å². The summed E-state index contributed by atoms with van der Waals surface area (Å²) in [5.74, 6) is 0.648. The molecule has 1 aliphatic rings. The zero-order chi connectivity index (χ0) is 20.5. The molecule has 1 saturated heterocycles. The molecule has 1 N–H and O–H groups in total. The number of imidazole rings is 1. The highest BCUT2D eigenvalue weighted by Crippen LogP contribution is 2.24. The lowest BCUT2D eigenvalue weighted by molar-refractivity contribution is -0.134. The van der Waals surface area contributed by atoms with Crippen LogP contribution in [0.3, 0.4) is 0 Å². The Labute approximate surface area is 169 Å². The topological polar surface area (TPSA) is 68.0 Å². The number of nitrogens with zero attached hydrogens (tertiary/aromatic N) is 5. The maximum atomic E-state index is 13.3. The number of aryl methyl sites for hydroxylation is 2. The van der Waals surface area contributed by atoms with Crippen LogP contribution in [0.5, 0.6) is 0 Å². The van der Waals surface area contributed by atoms with E-state index in [1.165, 1.54) is 12.1 Å². The molecule has 7 nitrogen and oxygen atoms in total. The van der Waals surface area contributed by atoms with E-state index in [1.54, 1.807) is 23.0 Å². The van der Waals surface area contributed by atoms with Gasteiger partial charge >= 0.3 is 0 Å². The molecule has 1 atom stereocenters. The van der Waals surface area contributed by atoms with Crippen molar-refractivity contribution in [3.8, 4) is 5.69 Å². The normalized spacial score (nSPS) is 17.0. The maximum Gasteiger partial charge on any atom is 0.227 e. The number of piperazine rings is 1. The fourth-order valence-corrected chi connectivity index (χ4v) is 3.95. The highest BCUT2D eigenvalue weighted by molar-refractivity contribution is 5.80. The van der Waals surface area contributed by atoms with Crippen LogP contribution in [0.1, 0.15) is 28.8 Å². The summed E-state index contributed by atoms with van der Waals surface area (Å²) in [5.41, 5.74) is 3.39. The number of carbonyl (C=O) groups is 1. The number of aromatic nitrogens is 4. The molecule has 0 saturated carbocycles. The molecule has 29 heavy (non-hydrogen) atoms. The van der Waals surface area contributed by atoms with Crippen LogP contribution in [0.15, 0.2) is 36.7 Å². The molecule has 3 heterocycles. The summed E-state index contributed by atoms with van der Waals surface area (Å²) >= 11 is 0. The van der Waals surface area contributed by atoms with Gasteiger partial charge in [-0.2, -0.15) is 5.10 Å². The minimum Gasteiger partial charge on any atom is -0.336 e. The number of hydrogen-bond acceptors (Lipinski definition) is 4. The molecule has 0 bridgehead atoms. The largest absolute Gasteiger partial charge is 0.336 e. The summed E-state index contributed by atoms with van der Waals surface area (Å²) < 4.78 is 17.0. The third-order valence-corrected chi connectivity index (χ3v) is 5.56. The molecule has 0 aliphatic carbocycles. The Morgan fingerprint density at radius 3 is 2.72 bits per heavy atom. The minimum atomic E-state index is -0.287. The van der Waals surface area contributed by atoms with Gasteiger partial charge in [-0.05, 0) is 38.1 Å². The second-order valence-corrected chi connectivity index (χ2v) is 7.42. The molecule has 0 spiro atoms. The van der Waals surface area contributed by atoms with Gasteiger partial charge in [0.05, 0.1) is 17.8 Å². The summed E-state index contributed by atoms with van der Waals surface area (Å²) in [4.78, 5) is 19.6. The number of carbonyl (C=O) groups excluding carboxylic acids is 1. The Bertz CT molecular complexity index is 1020. The van der Waals surface area contributed by atoms with Crippen molar-refractivity contribution in [1.82, 2.24) is 29.5 Å². The van der Waals surface area contributed by atoms with Crippen molar-refractivity contribution in [2.75, 3.05) is 19.6 Å². The van der Waals surface area contributed by atoms with Gasteiger partial charge in [0.1, 0.15) is 17.7 Å². The van der Waals surface area contributed by atoms with E-state index in [2.05, 4.69) is 15.4 Å². The van der Waals surface area contributed by atoms with Gasteiger partial charge in [-0.1, -0.05) is 0 Å². The molecule has 8 heteroatoms.